The van der Waals surface area contributed by atoms with Crippen LogP contribution >= 0.6 is 23.1 Å². The lowest BCUT2D eigenvalue weighted by Gasteiger charge is -2.18. The summed E-state index contributed by atoms with van der Waals surface area (Å²) in [4.78, 5) is 23.5. The van der Waals surface area contributed by atoms with Gasteiger partial charge in [0.1, 0.15) is 16.2 Å². The zero-order chi connectivity index (χ0) is 18.6. The van der Waals surface area contributed by atoms with Gasteiger partial charge in [-0.05, 0) is 36.3 Å². The number of aryl methyl sites for hydroxylation is 1. The Hall–Kier alpha value is -1.92. The normalized spacial score (nSPS) is 16.3. The molecule has 2 aromatic heterocycles. The van der Waals surface area contributed by atoms with Crippen molar-refractivity contribution in [2.24, 2.45) is 5.92 Å². The second kappa shape index (κ2) is 8.40. The Kier molecular flexibility index (Phi) is 5.74. The van der Waals surface area contributed by atoms with Crippen molar-refractivity contribution in [3.05, 3.63) is 52.7 Å². The lowest BCUT2D eigenvalue weighted by molar-refractivity contribution is -0.140. The molecule has 4 rings (SSSR count). The predicted octanol–water partition coefficient (Wildman–Crippen LogP) is 4.69. The minimum absolute atomic E-state index is 0.194. The van der Waals surface area contributed by atoms with E-state index in [0.717, 1.165) is 40.4 Å². The molecule has 0 unspecified atom stereocenters. The smallest absolute Gasteiger partial charge is 0.316 e. The van der Waals surface area contributed by atoms with Crippen molar-refractivity contribution in [3.63, 3.8) is 0 Å². The molecule has 3 aromatic rings. The first kappa shape index (κ1) is 18.4. The summed E-state index contributed by atoms with van der Waals surface area (Å²) in [6.45, 7) is 2.72. The van der Waals surface area contributed by atoms with Crippen LogP contribution in [0.2, 0.25) is 0 Å². The fourth-order valence-electron chi connectivity index (χ4n) is 3.45. The quantitative estimate of drug-likeness (QED) is 0.342. The molecule has 140 valence electrons. The van der Waals surface area contributed by atoms with E-state index < -0.39 is 0 Å². The fourth-order valence-corrected chi connectivity index (χ4v) is 5.69. The molecule has 0 amide bonds. The number of thiophene rings is 1. The van der Waals surface area contributed by atoms with Crippen molar-refractivity contribution in [2.75, 3.05) is 12.4 Å². The average molecular weight is 399 g/mol. The molecule has 0 saturated heterocycles. The number of aromatic nitrogens is 2. The van der Waals surface area contributed by atoms with Gasteiger partial charge in [0.05, 0.1) is 12.4 Å². The summed E-state index contributed by atoms with van der Waals surface area (Å²) in [5.74, 6) is 0.816. The maximum atomic E-state index is 12.1. The molecule has 1 aliphatic rings. The number of esters is 1. The van der Waals surface area contributed by atoms with Crippen molar-refractivity contribution in [1.82, 2.24) is 9.97 Å². The average Bonchev–Trinajstić information content (AvgIpc) is 3.05. The number of hydrogen-bond donors (Lipinski definition) is 0. The summed E-state index contributed by atoms with van der Waals surface area (Å²) in [6, 6.07) is 10.1. The van der Waals surface area contributed by atoms with Gasteiger partial charge >= 0.3 is 5.97 Å². The molecule has 1 atom stereocenters. The topological polar surface area (TPSA) is 52.1 Å². The predicted molar refractivity (Wildman–Crippen MR) is 110 cm³/mol. The highest BCUT2D eigenvalue weighted by molar-refractivity contribution is 8.00. The fraction of sp³-hybridized carbons (Fsp3) is 0.381. The Morgan fingerprint density at radius 1 is 1.30 bits per heavy atom. The summed E-state index contributed by atoms with van der Waals surface area (Å²) in [7, 11) is 0. The molecule has 2 heterocycles. The summed E-state index contributed by atoms with van der Waals surface area (Å²) in [5, 5.41) is 2.07. The number of hydrogen-bond acceptors (Lipinski definition) is 6. The van der Waals surface area contributed by atoms with Crippen LogP contribution in [0, 0.1) is 5.92 Å². The molecule has 27 heavy (non-hydrogen) atoms. The maximum Gasteiger partial charge on any atom is 0.316 e. The van der Waals surface area contributed by atoms with Gasteiger partial charge in [0, 0.05) is 16.7 Å². The highest BCUT2D eigenvalue weighted by Gasteiger charge is 2.23. The Bertz CT molecular complexity index is 940. The molecule has 0 bridgehead atoms. The van der Waals surface area contributed by atoms with Crippen molar-refractivity contribution < 1.29 is 9.53 Å². The molecule has 0 radical (unpaired) electrons. The van der Waals surface area contributed by atoms with E-state index in [4.69, 9.17) is 4.74 Å². The molecule has 4 nitrogen and oxygen atoms in total. The van der Waals surface area contributed by atoms with Gasteiger partial charge in [0.25, 0.3) is 0 Å². The molecule has 0 aliphatic heterocycles. The lowest BCUT2D eigenvalue weighted by Crippen LogP contribution is -2.10. The van der Waals surface area contributed by atoms with Crippen molar-refractivity contribution >= 4 is 39.3 Å². The van der Waals surface area contributed by atoms with Gasteiger partial charge in [0.15, 0.2) is 0 Å². The number of thioether (sulfide) groups is 1. The van der Waals surface area contributed by atoms with Gasteiger partial charge in [-0.3, -0.25) is 4.79 Å². The van der Waals surface area contributed by atoms with Crippen LogP contribution in [0.15, 0.2) is 41.7 Å². The highest BCUT2D eigenvalue weighted by atomic mass is 32.2. The number of nitrogens with zero attached hydrogens (tertiary/aromatic N) is 2. The van der Waals surface area contributed by atoms with Crippen molar-refractivity contribution in [3.8, 4) is 0 Å². The van der Waals surface area contributed by atoms with Crippen LogP contribution in [0.25, 0.3) is 10.2 Å². The first-order chi connectivity index (χ1) is 13.2. The maximum absolute atomic E-state index is 12.1. The largest absolute Gasteiger partial charge is 0.465 e. The summed E-state index contributed by atoms with van der Waals surface area (Å²) in [5.41, 5.74) is 2.57. The van der Waals surface area contributed by atoms with Gasteiger partial charge in [-0.15, -0.1) is 11.3 Å². The monoisotopic (exact) mass is 398 g/mol. The molecule has 0 N–H and O–H groups in total. The van der Waals surface area contributed by atoms with Gasteiger partial charge in [-0.25, -0.2) is 9.97 Å². The lowest BCUT2D eigenvalue weighted by atomic mass is 9.89. The zero-order valence-electron chi connectivity index (χ0n) is 15.3. The van der Waals surface area contributed by atoms with E-state index in [9.17, 15) is 4.79 Å². The van der Waals surface area contributed by atoms with E-state index in [1.165, 1.54) is 34.2 Å². The van der Waals surface area contributed by atoms with Crippen LogP contribution in [-0.2, 0) is 28.8 Å². The summed E-state index contributed by atoms with van der Waals surface area (Å²) >= 11 is 3.25. The number of carbonyl (C=O) groups is 1. The number of carbonyl (C=O) groups excluding carboxylic acids is 1. The first-order valence-corrected chi connectivity index (χ1v) is 11.1. The molecule has 1 aromatic carbocycles. The van der Waals surface area contributed by atoms with Gasteiger partial charge in [-0.1, -0.05) is 49.0 Å². The third kappa shape index (κ3) is 4.33. The van der Waals surface area contributed by atoms with Gasteiger partial charge < -0.3 is 4.74 Å². The van der Waals surface area contributed by atoms with Crippen LogP contribution < -0.4 is 0 Å². The van der Waals surface area contributed by atoms with E-state index in [1.54, 1.807) is 17.7 Å². The van der Waals surface area contributed by atoms with Crippen LogP contribution in [-0.4, -0.2) is 28.3 Å². The Morgan fingerprint density at radius 3 is 3.00 bits per heavy atom. The minimum atomic E-state index is -0.194. The van der Waals surface area contributed by atoms with Crippen LogP contribution in [0.3, 0.4) is 0 Å². The standard InChI is InChI=1S/C21H22N2O2S2/c1-14-7-8-16-17(11-14)27-21-19(16)20(22-13-23-21)26-12-18(24)25-10-9-15-5-3-2-4-6-15/h2-6,13-14H,7-12H2,1H3/t14-/m1/s1. The molecule has 0 fully saturated rings. The zero-order valence-corrected chi connectivity index (χ0v) is 16.9. The minimum Gasteiger partial charge on any atom is -0.465 e. The first-order valence-electron chi connectivity index (χ1n) is 9.28. The van der Waals surface area contributed by atoms with E-state index in [-0.39, 0.29) is 11.7 Å². The molecule has 1 aliphatic carbocycles. The Morgan fingerprint density at radius 2 is 2.15 bits per heavy atom. The Labute approximate surface area is 167 Å². The van der Waals surface area contributed by atoms with E-state index in [1.807, 2.05) is 30.3 Å². The van der Waals surface area contributed by atoms with Crippen molar-refractivity contribution in [1.29, 1.82) is 0 Å². The number of fused-ring (bicyclic) bond motifs is 3. The van der Waals surface area contributed by atoms with Crippen molar-refractivity contribution in [2.45, 2.75) is 37.6 Å². The third-order valence-electron chi connectivity index (χ3n) is 4.88. The number of ether oxygens (including phenoxy) is 1. The molecular formula is C21H22N2O2S2. The molecule has 0 spiro atoms. The third-order valence-corrected chi connectivity index (χ3v) is 7.01. The second-order valence-corrected chi connectivity index (χ2v) is 9.00. The number of benzene rings is 1. The molecular weight excluding hydrogens is 376 g/mol. The van der Waals surface area contributed by atoms with E-state index in [2.05, 4.69) is 16.9 Å². The van der Waals surface area contributed by atoms with Crippen LogP contribution in [0.1, 0.15) is 29.3 Å². The van der Waals surface area contributed by atoms with E-state index in [0.29, 0.717) is 6.61 Å². The second-order valence-electron chi connectivity index (χ2n) is 6.96. The number of rotatable bonds is 6. The van der Waals surface area contributed by atoms with Gasteiger partial charge in [-0.2, -0.15) is 0 Å². The molecule has 6 heteroatoms. The van der Waals surface area contributed by atoms with Crippen LogP contribution in [0.5, 0.6) is 0 Å². The Balaban J connectivity index is 1.38. The molecule has 0 saturated carbocycles. The summed E-state index contributed by atoms with van der Waals surface area (Å²) < 4.78 is 5.39. The van der Waals surface area contributed by atoms with Gasteiger partial charge in [0.2, 0.25) is 0 Å². The highest BCUT2D eigenvalue weighted by Crippen LogP contribution is 2.40. The SMILES string of the molecule is C[C@@H]1CCc2c(sc3ncnc(SCC(=O)OCCc4ccccc4)c23)C1. The van der Waals surface area contributed by atoms with Crippen LogP contribution in [0.4, 0.5) is 0 Å². The summed E-state index contributed by atoms with van der Waals surface area (Å²) in [6.07, 6.45) is 5.77. The van der Waals surface area contributed by atoms with E-state index >= 15 is 0 Å².